The third-order valence-electron chi connectivity index (χ3n) is 4.80. The van der Waals surface area contributed by atoms with Gasteiger partial charge < -0.3 is 14.9 Å². The molecule has 0 unspecified atom stereocenters. The van der Waals surface area contributed by atoms with Crippen LogP contribution in [0.4, 0.5) is 0 Å². The number of ether oxygens (including phenoxy) is 1. The van der Waals surface area contributed by atoms with E-state index >= 15 is 0 Å². The van der Waals surface area contributed by atoms with Gasteiger partial charge in [0, 0.05) is 38.8 Å². The first-order chi connectivity index (χ1) is 11.5. The average Bonchev–Trinajstić information content (AvgIpc) is 2.56. The molecule has 1 fully saturated rings. The second-order valence-electron chi connectivity index (χ2n) is 7.13. The molecule has 1 aromatic rings. The van der Waals surface area contributed by atoms with Gasteiger partial charge in [0.25, 0.3) is 0 Å². The Morgan fingerprint density at radius 1 is 1.29 bits per heavy atom. The summed E-state index contributed by atoms with van der Waals surface area (Å²) >= 11 is 0. The molecule has 1 aliphatic heterocycles. The Balaban J connectivity index is 1.95. The average molecular weight is 336 g/mol. The number of phenols is 1. The second-order valence-corrected chi connectivity index (χ2v) is 7.13. The molecule has 1 atom stereocenters. The molecule has 0 saturated carbocycles. The van der Waals surface area contributed by atoms with Crippen molar-refractivity contribution in [3.63, 3.8) is 0 Å². The van der Waals surface area contributed by atoms with Gasteiger partial charge in [0.1, 0.15) is 0 Å². The van der Waals surface area contributed by atoms with Crippen LogP contribution < -0.4 is 4.74 Å². The van der Waals surface area contributed by atoms with E-state index in [1.54, 1.807) is 13.2 Å². The van der Waals surface area contributed by atoms with Crippen molar-refractivity contribution in [3.8, 4) is 11.5 Å². The van der Waals surface area contributed by atoms with Gasteiger partial charge in [-0.25, -0.2) is 0 Å². The van der Waals surface area contributed by atoms with Crippen molar-refractivity contribution in [2.24, 2.45) is 5.92 Å². The lowest BCUT2D eigenvalue weighted by Crippen LogP contribution is -2.53. The van der Waals surface area contributed by atoms with Gasteiger partial charge in [-0.2, -0.15) is 0 Å². The molecule has 136 valence electrons. The lowest BCUT2D eigenvalue weighted by Gasteiger charge is -2.41. The predicted octanol–water partition coefficient (Wildman–Crippen LogP) is 2.32. The monoisotopic (exact) mass is 336 g/mol. The molecule has 1 saturated heterocycles. The van der Waals surface area contributed by atoms with E-state index in [4.69, 9.17) is 4.74 Å². The van der Waals surface area contributed by atoms with E-state index in [0.29, 0.717) is 17.7 Å². The molecule has 2 rings (SSSR count). The number of aromatic hydroxyl groups is 1. The number of hydrogen-bond acceptors (Lipinski definition) is 5. The fourth-order valence-corrected chi connectivity index (χ4v) is 3.32. The lowest BCUT2D eigenvalue weighted by molar-refractivity contribution is 0.0523. The Morgan fingerprint density at radius 2 is 2.08 bits per heavy atom. The Bertz CT molecular complexity index is 507. The van der Waals surface area contributed by atoms with Crippen molar-refractivity contribution < 1.29 is 14.9 Å². The van der Waals surface area contributed by atoms with Crippen LogP contribution in [0.5, 0.6) is 11.5 Å². The van der Waals surface area contributed by atoms with Gasteiger partial charge in [-0.3, -0.25) is 9.80 Å². The van der Waals surface area contributed by atoms with Crippen molar-refractivity contribution in [3.05, 3.63) is 23.8 Å². The summed E-state index contributed by atoms with van der Waals surface area (Å²) in [5.41, 5.74) is 1.14. The molecule has 0 amide bonds. The topological polar surface area (TPSA) is 56.2 Å². The van der Waals surface area contributed by atoms with Gasteiger partial charge in [0.05, 0.1) is 7.11 Å². The zero-order valence-electron chi connectivity index (χ0n) is 15.2. The van der Waals surface area contributed by atoms with Crippen LogP contribution in [0.25, 0.3) is 0 Å². The fourth-order valence-electron chi connectivity index (χ4n) is 3.32. The number of aliphatic hydroxyl groups is 1. The largest absolute Gasteiger partial charge is 0.504 e. The highest BCUT2D eigenvalue weighted by molar-refractivity contribution is 5.41. The molecule has 0 aliphatic carbocycles. The van der Waals surface area contributed by atoms with Crippen LogP contribution in [0.2, 0.25) is 0 Å². The number of phenolic OH excluding ortho intramolecular Hbond substituents is 1. The smallest absolute Gasteiger partial charge is 0.160 e. The van der Waals surface area contributed by atoms with Gasteiger partial charge in [-0.05, 0) is 43.0 Å². The van der Waals surface area contributed by atoms with Crippen LogP contribution >= 0.6 is 0 Å². The number of rotatable bonds is 8. The highest BCUT2D eigenvalue weighted by Gasteiger charge is 2.26. The molecule has 2 N–H and O–H groups in total. The number of piperazine rings is 1. The first-order valence-corrected chi connectivity index (χ1v) is 8.96. The van der Waals surface area contributed by atoms with E-state index in [-0.39, 0.29) is 12.4 Å². The summed E-state index contributed by atoms with van der Waals surface area (Å²) in [6, 6.07) is 5.96. The highest BCUT2D eigenvalue weighted by atomic mass is 16.5. The van der Waals surface area contributed by atoms with Crippen molar-refractivity contribution in [2.45, 2.75) is 39.3 Å². The van der Waals surface area contributed by atoms with E-state index in [1.165, 1.54) is 6.42 Å². The van der Waals surface area contributed by atoms with Crippen molar-refractivity contribution in [1.29, 1.82) is 0 Å². The number of methoxy groups -OCH3 is 1. The summed E-state index contributed by atoms with van der Waals surface area (Å²) in [7, 11) is 1.57. The van der Waals surface area contributed by atoms with E-state index in [1.807, 2.05) is 12.1 Å². The minimum Gasteiger partial charge on any atom is -0.504 e. The predicted molar refractivity (Wildman–Crippen MR) is 96.5 cm³/mol. The zero-order chi connectivity index (χ0) is 17.5. The fraction of sp³-hybridized carbons (Fsp3) is 0.684. The van der Waals surface area contributed by atoms with Gasteiger partial charge in [0.15, 0.2) is 11.5 Å². The maximum atomic E-state index is 9.72. The minimum absolute atomic E-state index is 0.179. The molecular formula is C19H32N2O3. The number of benzene rings is 1. The van der Waals surface area contributed by atoms with Gasteiger partial charge in [-0.1, -0.05) is 19.9 Å². The molecule has 5 heteroatoms. The van der Waals surface area contributed by atoms with Crippen LogP contribution in [0, 0.1) is 5.92 Å². The quantitative estimate of drug-likeness (QED) is 0.763. The standard InChI is InChI=1S/C19H32N2O3/c1-15(2)6-8-21-10-9-20(14-17(21)7-11-22)13-16-4-5-18(23)19(12-16)24-3/h4-5,12,15,17,22-23H,6-11,13-14H2,1-3H3/t17-/m0/s1. The normalized spacial score (nSPS) is 19.8. The molecule has 1 aromatic carbocycles. The van der Waals surface area contributed by atoms with Crippen LogP contribution in [0.1, 0.15) is 32.3 Å². The Labute approximate surface area is 145 Å². The minimum atomic E-state index is 0.179. The second kappa shape index (κ2) is 9.25. The number of aliphatic hydroxyl groups excluding tert-OH is 1. The van der Waals surface area contributed by atoms with Gasteiger partial charge in [0.2, 0.25) is 0 Å². The molecule has 0 bridgehead atoms. The molecule has 0 aromatic heterocycles. The van der Waals surface area contributed by atoms with E-state index in [2.05, 4.69) is 23.6 Å². The van der Waals surface area contributed by atoms with Crippen molar-refractivity contribution in [2.75, 3.05) is 39.9 Å². The summed E-state index contributed by atoms with van der Waals surface area (Å²) in [5.74, 6) is 1.41. The Kier molecular flexibility index (Phi) is 7.34. The Morgan fingerprint density at radius 3 is 2.75 bits per heavy atom. The molecule has 1 aliphatic rings. The molecule has 0 radical (unpaired) electrons. The van der Waals surface area contributed by atoms with Gasteiger partial charge in [-0.15, -0.1) is 0 Å². The summed E-state index contributed by atoms with van der Waals surface area (Å²) in [4.78, 5) is 4.96. The summed E-state index contributed by atoms with van der Waals surface area (Å²) < 4.78 is 5.20. The van der Waals surface area contributed by atoms with E-state index in [0.717, 1.165) is 44.7 Å². The Hall–Kier alpha value is -1.30. The first-order valence-electron chi connectivity index (χ1n) is 8.96. The summed E-state index contributed by atoms with van der Waals surface area (Å²) in [6.45, 7) is 9.77. The third kappa shape index (κ3) is 5.36. The summed E-state index contributed by atoms with van der Waals surface area (Å²) in [5, 5.41) is 19.1. The van der Waals surface area contributed by atoms with Gasteiger partial charge >= 0.3 is 0 Å². The molecule has 0 spiro atoms. The third-order valence-corrected chi connectivity index (χ3v) is 4.80. The molecule has 5 nitrogen and oxygen atoms in total. The van der Waals surface area contributed by atoms with E-state index in [9.17, 15) is 10.2 Å². The van der Waals surface area contributed by atoms with Crippen LogP contribution in [0.15, 0.2) is 18.2 Å². The van der Waals surface area contributed by atoms with Crippen molar-refractivity contribution >= 4 is 0 Å². The maximum absolute atomic E-state index is 9.72. The van der Waals surface area contributed by atoms with Crippen LogP contribution in [-0.4, -0.2) is 66.0 Å². The molecular weight excluding hydrogens is 304 g/mol. The number of nitrogens with zero attached hydrogens (tertiary/aromatic N) is 2. The molecule has 24 heavy (non-hydrogen) atoms. The van der Waals surface area contributed by atoms with Crippen molar-refractivity contribution in [1.82, 2.24) is 9.80 Å². The lowest BCUT2D eigenvalue weighted by atomic mass is 10.0. The van der Waals surface area contributed by atoms with Crippen LogP contribution in [0.3, 0.4) is 0 Å². The maximum Gasteiger partial charge on any atom is 0.160 e. The zero-order valence-corrected chi connectivity index (χ0v) is 15.2. The highest BCUT2D eigenvalue weighted by Crippen LogP contribution is 2.27. The van der Waals surface area contributed by atoms with Crippen LogP contribution in [-0.2, 0) is 6.54 Å². The SMILES string of the molecule is COc1cc(CN2CCN(CCC(C)C)[C@@H](CCO)C2)ccc1O. The molecule has 1 heterocycles. The summed E-state index contributed by atoms with van der Waals surface area (Å²) in [6.07, 6.45) is 2.03. The number of hydrogen-bond donors (Lipinski definition) is 2. The first kappa shape index (κ1) is 19.0. The van der Waals surface area contributed by atoms with E-state index < -0.39 is 0 Å².